The Hall–Kier alpha value is -2.85. The number of rotatable bonds is 0. The summed E-state index contributed by atoms with van der Waals surface area (Å²) in [5.41, 5.74) is 6.58. The van der Waals surface area contributed by atoms with Gasteiger partial charge in [-0.3, -0.25) is 0 Å². The van der Waals surface area contributed by atoms with Gasteiger partial charge in [-0.2, -0.15) is 0 Å². The zero-order valence-electron chi connectivity index (χ0n) is 16.5. The van der Waals surface area contributed by atoms with Crippen LogP contribution in [0.5, 0.6) is 0 Å². The molecule has 4 aromatic carbocycles. The van der Waals surface area contributed by atoms with Crippen molar-refractivity contribution in [2.45, 2.75) is 10.3 Å². The third kappa shape index (κ3) is 2.07. The monoisotopic (exact) mass is 495 g/mol. The van der Waals surface area contributed by atoms with Crippen molar-refractivity contribution in [2.75, 3.05) is 0 Å². The molecule has 0 saturated heterocycles. The highest BCUT2D eigenvalue weighted by atomic mass is 127. The van der Waals surface area contributed by atoms with E-state index < -0.39 is 0 Å². The SMILES string of the molecule is CC1(I)C=Cc2ccc3c4cccc5c6ccc7ccccc7c6n(c3c2C=C1)c45. The first kappa shape index (κ1) is 16.9. The molecule has 0 saturated carbocycles. The van der Waals surface area contributed by atoms with Crippen molar-refractivity contribution in [1.29, 1.82) is 0 Å². The van der Waals surface area contributed by atoms with Crippen LogP contribution in [-0.2, 0) is 0 Å². The standard InChI is InChI=1S/C28H18IN/c1-28(29)15-13-18-10-12-24-22-8-4-7-21-23-11-9-17-5-2-3-6-19(17)25(23)30(27(21)22)26(24)20(18)14-16-28/h2-16H,1H3. The van der Waals surface area contributed by atoms with Crippen LogP contribution in [0.25, 0.3) is 61.0 Å². The molecule has 0 aliphatic heterocycles. The highest BCUT2D eigenvalue weighted by Crippen LogP contribution is 2.43. The van der Waals surface area contributed by atoms with E-state index in [9.17, 15) is 0 Å². The maximum Gasteiger partial charge on any atom is 0.0621 e. The van der Waals surface area contributed by atoms with Crippen LogP contribution in [0.2, 0.25) is 0 Å². The molecule has 1 unspecified atom stereocenters. The molecule has 0 amide bonds. The highest BCUT2D eigenvalue weighted by Gasteiger charge is 2.22. The topological polar surface area (TPSA) is 4.41 Å². The lowest BCUT2D eigenvalue weighted by Crippen LogP contribution is -2.04. The maximum absolute atomic E-state index is 2.53. The Morgan fingerprint density at radius 3 is 2.13 bits per heavy atom. The van der Waals surface area contributed by atoms with Crippen LogP contribution < -0.4 is 0 Å². The van der Waals surface area contributed by atoms with E-state index in [1.165, 1.54) is 60.0 Å². The Balaban J connectivity index is 1.83. The quantitative estimate of drug-likeness (QED) is 0.148. The molecule has 1 aliphatic carbocycles. The average Bonchev–Trinajstić information content (AvgIpc) is 3.22. The van der Waals surface area contributed by atoms with Gasteiger partial charge >= 0.3 is 0 Å². The summed E-state index contributed by atoms with van der Waals surface area (Å²) >= 11 is 2.51. The number of alkyl halides is 1. The first-order chi connectivity index (χ1) is 14.6. The van der Waals surface area contributed by atoms with Gasteiger partial charge in [0.2, 0.25) is 0 Å². The van der Waals surface area contributed by atoms with E-state index in [1.807, 2.05) is 0 Å². The van der Waals surface area contributed by atoms with Crippen molar-refractivity contribution < 1.29 is 0 Å². The second-order valence-corrected chi connectivity index (χ2v) is 10.8. The number of fused-ring (bicyclic) bond motifs is 10. The van der Waals surface area contributed by atoms with Crippen molar-refractivity contribution in [3.63, 3.8) is 0 Å². The Morgan fingerprint density at radius 2 is 1.27 bits per heavy atom. The molecule has 1 aliphatic rings. The van der Waals surface area contributed by atoms with Gasteiger partial charge in [0.25, 0.3) is 0 Å². The van der Waals surface area contributed by atoms with E-state index in [0.717, 1.165) is 0 Å². The fourth-order valence-electron chi connectivity index (χ4n) is 5.22. The lowest BCUT2D eigenvalue weighted by molar-refractivity contribution is 1.07. The van der Waals surface area contributed by atoms with Crippen LogP contribution in [0.3, 0.4) is 0 Å². The molecule has 0 radical (unpaired) electrons. The van der Waals surface area contributed by atoms with Gasteiger partial charge in [-0.25, -0.2) is 0 Å². The van der Waals surface area contributed by atoms with Gasteiger partial charge in [0.15, 0.2) is 0 Å². The summed E-state index contributed by atoms with van der Waals surface area (Å²) < 4.78 is 2.56. The van der Waals surface area contributed by atoms with Crippen molar-refractivity contribution >= 4 is 83.6 Å². The summed E-state index contributed by atoms with van der Waals surface area (Å²) in [7, 11) is 0. The number of hydrogen-bond donors (Lipinski definition) is 0. The molecule has 0 spiro atoms. The van der Waals surface area contributed by atoms with Crippen molar-refractivity contribution in [2.24, 2.45) is 0 Å². The first-order valence-corrected chi connectivity index (χ1v) is 11.4. The average molecular weight is 495 g/mol. The number of hydrogen-bond acceptors (Lipinski definition) is 0. The number of nitrogens with zero attached hydrogens (tertiary/aromatic N) is 1. The third-order valence-electron chi connectivity index (χ3n) is 6.60. The Labute approximate surface area is 187 Å². The van der Waals surface area contributed by atoms with E-state index in [4.69, 9.17) is 0 Å². The van der Waals surface area contributed by atoms with Crippen LogP contribution in [0, 0.1) is 0 Å². The molecule has 1 nitrogen and oxygen atoms in total. The van der Waals surface area contributed by atoms with Gasteiger partial charge in [-0.1, -0.05) is 114 Å². The molecular weight excluding hydrogens is 477 g/mol. The van der Waals surface area contributed by atoms with E-state index in [1.54, 1.807) is 0 Å². The van der Waals surface area contributed by atoms with Crippen LogP contribution in [0.1, 0.15) is 18.1 Å². The number of para-hydroxylation sites is 1. The summed E-state index contributed by atoms with van der Waals surface area (Å²) in [6.45, 7) is 2.25. The molecule has 2 heterocycles. The fraction of sp³-hybridized carbons (Fsp3) is 0.0714. The van der Waals surface area contributed by atoms with E-state index >= 15 is 0 Å². The van der Waals surface area contributed by atoms with Crippen LogP contribution in [-0.4, -0.2) is 7.82 Å². The molecule has 0 bridgehead atoms. The van der Waals surface area contributed by atoms with Gasteiger partial charge in [-0.15, -0.1) is 0 Å². The molecule has 30 heavy (non-hydrogen) atoms. The van der Waals surface area contributed by atoms with E-state index in [0.29, 0.717) is 0 Å². The van der Waals surface area contributed by atoms with Crippen molar-refractivity contribution in [3.05, 3.63) is 90.0 Å². The maximum atomic E-state index is 2.53. The minimum atomic E-state index is 0.0237. The predicted octanol–water partition coefficient (Wildman–Crippen LogP) is 8.22. The number of benzene rings is 4. The molecule has 1 atom stereocenters. The Morgan fingerprint density at radius 1 is 0.633 bits per heavy atom. The Kier molecular flexibility index (Phi) is 3.18. The predicted molar refractivity (Wildman–Crippen MR) is 139 cm³/mol. The summed E-state index contributed by atoms with van der Waals surface area (Å²) in [5.74, 6) is 0. The molecule has 2 heteroatoms. The zero-order chi connectivity index (χ0) is 20.0. The highest BCUT2D eigenvalue weighted by molar-refractivity contribution is 14.1. The van der Waals surface area contributed by atoms with Gasteiger partial charge in [-0.05, 0) is 17.9 Å². The lowest BCUT2D eigenvalue weighted by atomic mass is 10.0. The fourth-order valence-corrected chi connectivity index (χ4v) is 5.58. The molecule has 0 N–H and O–H groups in total. The third-order valence-corrected chi connectivity index (χ3v) is 7.32. The summed E-state index contributed by atoms with van der Waals surface area (Å²) in [6.07, 6.45) is 9.23. The minimum Gasteiger partial charge on any atom is -0.307 e. The molecular formula is C28H18IN. The van der Waals surface area contributed by atoms with E-state index in [2.05, 4.69) is 125 Å². The van der Waals surface area contributed by atoms with Gasteiger partial charge in [0, 0.05) is 32.5 Å². The minimum absolute atomic E-state index is 0.0237. The molecule has 6 aromatic rings. The summed E-state index contributed by atoms with van der Waals surface area (Å²) in [4.78, 5) is 0. The number of aromatic nitrogens is 1. The van der Waals surface area contributed by atoms with Gasteiger partial charge in [0.1, 0.15) is 0 Å². The van der Waals surface area contributed by atoms with Crippen LogP contribution >= 0.6 is 22.6 Å². The molecule has 0 fully saturated rings. The lowest BCUT2D eigenvalue weighted by Gasteiger charge is -2.09. The van der Waals surface area contributed by atoms with Gasteiger partial charge < -0.3 is 4.40 Å². The van der Waals surface area contributed by atoms with Crippen LogP contribution in [0.4, 0.5) is 0 Å². The molecule has 7 rings (SSSR count). The zero-order valence-corrected chi connectivity index (χ0v) is 18.6. The number of allylic oxidation sites excluding steroid dienone is 2. The molecule has 2 aromatic heterocycles. The van der Waals surface area contributed by atoms with Crippen molar-refractivity contribution in [3.8, 4) is 0 Å². The summed E-state index contributed by atoms with van der Waals surface area (Å²) in [5, 5.41) is 7.94. The first-order valence-electron chi connectivity index (χ1n) is 10.3. The van der Waals surface area contributed by atoms with Crippen LogP contribution in [0.15, 0.2) is 78.9 Å². The smallest absolute Gasteiger partial charge is 0.0621 e. The second-order valence-electron chi connectivity index (χ2n) is 8.50. The molecule has 142 valence electrons. The normalized spacial score (nSPS) is 18.9. The second kappa shape index (κ2) is 5.64. The number of halogens is 1. The van der Waals surface area contributed by atoms with Gasteiger partial charge in [0.05, 0.1) is 20.0 Å². The van der Waals surface area contributed by atoms with E-state index in [-0.39, 0.29) is 3.42 Å². The largest absolute Gasteiger partial charge is 0.307 e. The Bertz CT molecular complexity index is 1710. The van der Waals surface area contributed by atoms with Crippen molar-refractivity contribution in [1.82, 2.24) is 4.40 Å². The summed E-state index contributed by atoms with van der Waals surface area (Å²) in [6, 6.07) is 24.6.